The lowest BCUT2D eigenvalue weighted by molar-refractivity contribution is 0.0965. The van der Waals surface area contributed by atoms with Crippen molar-refractivity contribution in [3.8, 4) is 6.07 Å². The van der Waals surface area contributed by atoms with Gasteiger partial charge in [-0.2, -0.15) is 10.4 Å². The van der Waals surface area contributed by atoms with Crippen LogP contribution in [0.15, 0.2) is 29.1 Å². The molecule has 0 aliphatic carbocycles. The number of Topliss-reactive ketones (excluding diaryl/α,β-unsaturated/α-hetero) is 1. The van der Waals surface area contributed by atoms with Crippen LogP contribution in [0.25, 0.3) is 0 Å². The van der Waals surface area contributed by atoms with Crippen molar-refractivity contribution in [1.82, 2.24) is 9.78 Å². The van der Waals surface area contributed by atoms with E-state index in [4.69, 9.17) is 5.26 Å². The van der Waals surface area contributed by atoms with Gasteiger partial charge in [-0.15, -0.1) is 0 Å². The van der Waals surface area contributed by atoms with Crippen LogP contribution in [0.3, 0.4) is 0 Å². The highest BCUT2D eigenvalue weighted by Crippen LogP contribution is 2.17. The molecular formula is C17H18N4O4S. The highest BCUT2D eigenvalue weighted by Gasteiger charge is 2.16. The fourth-order valence-electron chi connectivity index (χ4n) is 2.29. The summed E-state index contributed by atoms with van der Waals surface area (Å²) in [5.74, 6) is -0.375. The highest BCUT2D eigenvalue weighted by atomic mass is 32.2. The zero-order chi connectivity index (χ0) is 19.6. The Morgan fingerprint density at radius 3 is 2.35 bits per heavy atom. The molecule has 2 rings (SSSR count). The number of rotatable bonds is 5. The molecule has 0 aliphatic rings. The lowest BCUT2D eigenvalue weighted by Gasteiger charge is -2.16. The lowest BCUT2D eigenvalue weighted by Crippen LogP contribution is -2.30. The van der Waals surface area contributed by atoms with Crippen LogP contribution in [0.4, 0.5) is 5.69 Å². The van der Waals surface area contributed by atoms with Crippen LogP contribution in [-0.4, -0.2) is 37.3 Å². The van der Waals surface area contributed by atoms with Crippen LogP contribution in [0.1, 0.15) is 27.2 Å². The summed E-state index contributed by atoms with van der Waals surface area (Å²) in [6.45, 7) is 2.98. The molecule has 8 nitrogen and oxygen atoms in total. The molecule has 26 heavy (non-hydrogen) atoms. The molecule has 0 bridgehead atoms. The van der Waals surface area contributed by atoms with Crippen molar-refractivity contribution in [2.24, 2.45) is 0 Å². The topological polar surface area (TPSA) is 113 Å². The van der Waals surface area contributed by atoms with E-state index < -0.39 is 15.6 Å². The number of hydrogen-bond donors (Lipinski definition) is 0. The third-order valence-corrected chi connectivity index (χ3v) is 5.30. The van der Waals surface area contributed by atoms with Crippen molar-refractivity contribution >= 4 is 21.5 Å². The molecular weight excluding hydrogens is 356 g/mol. The number of nitriles is 1. The van der Waals surface area contributed by atoms with Crippen LogP contribution >= 0.6 is 0 Å². The Hall–Kier alpha value is -2.99. The maximum absolute atomic E-state index is 12.4. The van der Waals surface area contributed by atoms with Crippen molar-refractivity contribution in [3.63, 3.8) is 0 Å². The highest BCUT2D eigenvalue weighted by molar-refractivity contribution is 7.92. The van der Waals surface area contributed by atoms with Crippen LogP contribution in [0.5, 0.6) is 0 Å². The SMILES string of the molecule is Cc1nn(CC(=O)c2ccc(N(C)S(C)(=O)=O)cc2)c(=O)c(C#N)c1C. The molecule has 0 spiro atoms. The largest absolute Gasteiger partial charge is 0.292 e. The number of sulfonamides is 1. The van der Waals surface area contributed by atoms with E-state index in [0.717, 1.165) is 15.2 Å². The normalized spacial score (nSPS) is 11.0. The van der Waals surface area contributed by atoms with Crippen LogP contribution in [-0.2, 0) is 16.6 Å². The molecule has 0 radical (unpaired) electrons. The lowest BCUT2D eigenvalue weighted by atomic mass is 10.1. The summed E-state index contributed by atoms with van der Waals surface area (Å²) < 4.78 is 25.1. The first-order chi connectivity index (χ1) is 12.1. The average Bonchev–Trinajstić information content (AvgIpc) is 2.58. The Bertz CT molecular complexity index is 1060. The van der Waals surface area contributed by atoms with Gasteiger partial charge in [-0.05, 0) is 43.7 Å². The maximum Gasteiger partial charge on any atom is 0.285 e. The van der Waals surface area contributed by atoms with Gasteiger partial charge in [-0.3, -0.25) is 13.9 Å². The number of aromatic nitrogens is 2. The second-order valence-corrected chi connectivity index (χ2v) is 7.87. The van der Waals surface area contributed by atoms with E-state index >= 15 is 0 Å². The fourth-order valence-corrected chi connectivity index (χ4v) is 2.79. The van der Waals surface area contributed by atoms with Gasteiger partial charge in [0.2, 0.25) is 10.0 Å². The predicted octanol–water partition coefficient (Wildman–Crippen LogP) is 1.01. The van der Waals surface area contributed by atoms with E-state index in [1.165, 1.54) is 31.3 Å². The number of aryl methyl sites for hydroxylation is 1. The minimum atomic E-state index is -3.40. The summed E-state index contributed by atoms with van der Waals surface area (Å²) in [5, 5.41) is 13.2. The molecule has 0 atom stereocenters. The molecule has 9 heteroatoms. The van der Waals surface area contributed by atoms with Gasteiger partial charge in [0, 0.05) is 12.6 Å². The average molecular weight is 374 g/mol. The summed E-state index contributed by atoms with van der Waals surface area (Å²) in [6.07, 6.45) is 1.08. The Kier molecular flexibility index (Phi) is 5.28. The number of carbonyl (C=O) groups excluding carboxylic acids is 1. The molecule has 1 aromatic heterocycles. The van der Waals surface area contributed by atoms with Crippen molar-refractivity contribution in [2.45, 2.75) is 20.4 Å². The van der Waals surface area contributed by atoms with Gasteiger partial charge >= 0.3 is 0 Å². The molecule has 0 N–H and O–H groups in total. The van der Waals surface area contributed by atoms with E-state index in [-0.39, 0.29) is 17.9 Å². The first-order valence-electron chi connectivity index (χ1n) is 7.62. The number of anilines is 1. The van der Waals surface area contributed by atoms with Crippen molar-refractivity contribution < 1.29 is 13.2 Å². The number of nitrogens with zero attached hydrogens (tertiary/aromatic N) is 4. The Morgan fingerprint density at radius 2 is 1.85 bits per heavy atom. The van der Waals surface area contributed by atoms with Gasteiger partial charge in [0.1, 0.15) is 18.2 Å². The van der Waals surface area contributed by atoms with E-state index in [1.807, 2.05) is 6.07 Å². The molecule has 0 amide bonds. The molecule has 0 saturated carbocycles. The van der Waals surface area contributed by atoms with Crippen LogP contribution in [0.2, 0.25) is 0 Å². The first kappa shape index (κ1) is 19.3. The Morgan fingerprint density at radius 1 is 1.27 bits per heavy atom. The quantitative estimate of drug-likeness (QED) is 0.722. The maximum atomic E-state index is 12.4. The molecule has 1 heterocycles. The Labute approximate surface area is 151 Å². The second kappa shape index (κ2) is 7.09. The van der Waals surface area contributed by atoms with E-state index in [0.29, 0.717) is 22.5 Å². The van der Waals surface area contributed by atoms with E-state index in [9.17, 15) is 18.0 Å². The van der Waals surface area contributed by atoms with Crippen LogP contribution in [0, 0.1) is 25.2 Å². The van der Waals surface area contributed by atoms with Gasteiger partial charge in [0.15, 0.2) is 5.78 Å². The monoisotopic (exact) mass is 374 g/mol. The van der Waals surface area contributed by atoms with Crippen LogP contribution < -0.4 is 9.86 Å². The first-order valence-corrected chi connectivity index (χ1v) is 9.46. The summed E-state index contributed by atoms with van der Waals surface area (Å²) in [4.78, 5) is 24.7. The molecule has 0 fully saturated rings. The third-order valence-electron chi connectivity index (χ3n) is 4.09. The minimum Gasteiger partial charge on any atom is -0.292 e. The van der Waals surface area contributed by atoms with Gasteiger partial charge in [0.25, 0.3) is 5.56 Å². The molecule has 0 unspecified atom stereocenters. The summed E-state index contributed by atoms with van der Waals surface area (Å²) in [6, 6.07) is 7.82. The Balaban J connectivity index is 2.31. The van der Waals surface area contributed by atoms with E-state index in [2.05, 4.69) is 5.10 Å². The predicted molar refractivity (Wildman–Crippen MR) is 96.7 cm³/mol. The molecule has 2 aromatic rings. The third kappa shape index (κ3) is 3.81. The van der Waals surface area contributed by atoms with Gasteiger partial charge in [-0.1, -0.05) is 0 Å². The number of benzene rings is 1. The number of ketones is 1. The molecule has 1 aromatic carbocycles. The standard InChI is InChI=1S/C17H18N4O4S/c1-11-12(2)19-21(17(23)15(11)9-18)10-16(22)13-5-7-14(8-6-13)20(3)26(4,24)25/h5-8H,10H2,1-4H3. The summed E-state index contributed by atoms with van der Waals surface area (Å²) >= 11 is 0. The van der Waals surface area contributed by atoms with Gasteiger partial charge in [0.05, 0.1) is 17.6 Å². The fraction of sp³-hybridized carbons (Fsp3) is 0.294. The summed E-state index contributed by atoms with van der Waals surface area (Å²) in [5.41, 5.74) is 1.07. The minimum absolute atomic E-state index is 0.0320. The zero-order valence-electron chi connectivity index (χ0n) is 14.8. The van der Waals surface area contributed by atoms with E-state index in [1.54, 1.807) is 13.8 Å². The second-order valence-electron chi connectivity index (χ2n) is 5.86. The van der Waals surface area contributed by atoms with Crippen molar-refractivity contribution in [1.29, 1.82) is 5.26 Å². The van der Waals surface area contributed by atoms with Crippen molar-refractivity contribution in [3.05, 3.63) is 57.0 Å². The summed E-state index contributed by atoms with van der Waals surface area (Å²) in [7, 11) is -1.99. The van der Waals surface area contributed by atoms with Crippen molar-refractivity contribution in [2.75, 3.05) is 17.6 Å². The number of carbonyl (C=O) groups is 1. The van der Waals surface area contributed by atoms with Gasteiger partial charge in [-0.25, -0.2) is 13.1 Å². The van der Waals surface area contributed by atoms with Gasteiger partial charge < -0.3 is 0 Å². The smallest absolute Gasteiger partial charge is 0.285 e. The molecule has 136 valence electrons. The zero-order valence-corrected chi connectivity index (χ0v) is 15.7. The number of hydrogen-bond acceptors (Lipinski definition) is 6. The molecule has 0 saturated heterocycles. The molecule has 0 aliphatic heterocycles.